The van der Waals surface area contributed by atoms with E-state index in [2.05, 4.69) is 87.6 Å². The molecule has 0 spiro atoms. The Morgan fingerprint density at radius 2 is 1.12 bits per heavy atom. The zero-order valence-corrected chi connectivity index (χ0v) is 30.4. The fraction of sp³-hybridized carbons (Fsp3) is 0.450. The fourth-order valence-electron chi connectivity index (χ4n) is 5.78. The van der Waals surface area contributed by atoms with Gasteiger partial charge in [0.1, 0.15) is 23.4 Å². The minimum atomic E-state index is 0.380. The minimum Gasteiger partial charge on any atom is -0.339 e. The third kappa shape index (κ3) is 11.2. The number of nitrogens with zero attached hydrogens (tertiary/aromatic N) is 6. The Kier molecular flexibility index (Phi) is 15.2. The third-order valence-corrected chi connectivity index (χ3v) is 9.62. The summed E-state index contributed by atoms with van der Waals surface area (Å²) in [6, 6.07) is 21.3. The molecule has 2 aromatic carbocycles. The summed E-state index contributed by atoms with van der Waals surface area (Å²) in [4.78, 5) is 4.89. The molecule has 8 nitrogen and oxygen atoms in total. The molecule has 0 radical (unpaired) electrons. The SMILES string of the molecule is CCCCCCCCc1ccc(Nc2nc(Nc3ccc(CCCCCCCC)cc3)c(N=Nc3snc(C)c3C#N)c(C)c2C#N)cc1. The molecular weight excluding hydrogens is 625 g/mol. The smallest absolute Gasteiger partial charge is 0.176 e. The molecule has 0 saturated carbocycles. The summed E-state index contributed by atoms with van der Waals surface area (Å²) in [6.07, 6.45) is 17.4. The maximum atomic E-state index is 10.3. The predicted octanol–water partition coefficient (Wildman–Crippen LogP) is 12.6. The Hall–Kier alpha value is -4.60. The number of hydrogen-bond acceptors (Lipinski definition) is 9. The number of benzene rings is 2. The van der Waals surface area contributed by atoms with E-state index in [1.54, 1.807) is 6.92 Å². The molecule has 0 aliphatic rings. The normalized spacial score (nSPS) is 11.1. The third-order valence-electron chi connectivity index (χ3n) is 8.80. The highest BCUT2D eigenvalue weighted by atomic mass is 32.1. The quantitative estimate of drug-likeness (QED) is 0.0710. The molecule has 2 aromatic heterocycles. The van der Waals surface area contributed by atoms with Crippen LogP contribution in [0.2, 0.25) is 0 Å². The highest BCUT2D eigenvalue weighted by Gasteiger charge is 2.19. The van der Waals surface area contributed by atoms with E-state index in [0.717, 1.165) is 35.7 Å². The number of anilines is 4. The number of aryl methyl sites for hydroxylation is 3. The van der Waals surface area contributed by atoms with Gasteiger partial charge in [-0.1, -0.05) is 102 Å². The summed E-state index contributed by atoms with van der Waals surface area (Å²) < 4.78 is 4.26. The zero-order valence-electron chi connectivity index (χ0n) is 29.6. The van der Waals surface area contributed by atoms with Crippen molar-refractivity contribution in [1.29, 1.82) is 10.5 Å². The Morgan fingerprint density at radius 1 is 0.633 bits per heavy atom. The molecule has 0 atom stereocenters. The van der Waals surface area contributed by atoms with Crippen molar-refractivity contribution < 1.29 is 0 Å². The molecule has 0 fully saturated rings. The highest BCUT2D eigenvalue weighted by Crippen LogP contribution is 2.38. The van der Waals surface area contributed by atoms with Crippen LogP contribution in [0.4, 0.5) is 33.7 Å². The van der Waals surface area contributed by atoms with E-state index in [4.69, 9.17) is 4.98 Å². The average Bonchev–Trinajstić information content (AvgIpc) is 3.47. The van der Waals surface area contributed by atoms with Crippen molar-refractivity contribution in [3.63, 3.8) is 0 Å². The van der Waals surface area contributed by atoms with Crippen LogP contribution >= 0.6 is 11.5 Å². The van der Waals surface area contributed by atoms with Gasteiger partial charge in [-0.15, -0.1) is 10.2 Å². The van der Waals surface area contributed by atoms with Crippen LogP contribution in [0.1, 0.15) is 124 Å². The van der Waals surface area contributed by atoms with Crippen LogP contribution in [0.3, 0.4) is 0 Å². The molecule has 0 amide bonds. The molecule has 4 rings (SSSR count). The molecule has 0 saturated heterocycles. The first-order chi connectivity index (χ1) is 24.0. The van der Waals surface area contributed by atoms with Gasteiger partial charge in [0.2, 0.25) is 0 Å². The Morgan fingerprint density at radius 3 is 1.63 bits per heavy atom. The number of aromatic nitrogens is 2. The molecule has 0 bridgehead atoms. The van der Waals surface area contributed by atoms with Crippen molar-refractivity contribution in [2.75, 3.05) is 10.6 Å². The van der Waals surface area contributed by atoms with Gasteiger partial charge < -0.3 is 10.6 Å². The Balaban J connectivity index is 1.56. The van der Waals surface area contributed by atoms with Crippen molar-refractivity contribution in [2.24, 2.45) is 10.2 Å². The Labute approximate surface area is 296 Å². The van der Waals surface area contributed by atoms with Crippen LogP contribution in [0, 0.1) is 36.5 Å². The monoisotopic (exact) mass is 674 g/mol. The molecule has 0 unspecified atom stereocenters. The van der Waals surface area contributed by atoms with E-state index >= 15 is 0 Å². The number of azo groups is 1. The van der Waals surface area contributed by atoms with E-state index in [-0.39, 0.29) is 0 Å². The van der Waals surface area contributed by atoms with E-state index < -0.39 is 0 Å². The molecule has 2 heterocycles. The first-order valence-electron chi connectivity index (χ1n) is 17.9. The fourth-order valence-corrected chi connectivity index (χ4v) is 6.46. The van der Waals surface area contributed by atoms with Crippen molar-refractivity contribution in [3.8, 4) is 12.1 Å². The summed E-state index contributed by atoms with van der Waals surface area (Å²) in [5.41, 5.74) is 6.78. The topological polar surface area (TPSA) is 122 Å². The number of pyridine rings is 1. The molecule has 256 valence electrons. The van der Waals surface area contributed by atoms with Gasteiger partial charge in [-0.05, 0) is 86.5 Å². The van der Waals surface area contributed by atoms with Gasteiger partial charge in [-0.2, -0.15) is 14.9 Å². The second-order valence-electron chi connectivity index (χ2n) is 12.7. The van der Waals surface area contributed by atoms with Gasteiger partial charge in [0, 0.05) is 16.9 Å². The number of hydrogen-bond donors (Lipinski definition) is 2. The molecule has 49 heavy (non-hydrogen) atoms. The van der Waals surface area contributed by atoms with Crippen LogP contribution in [0.25, 0.3) is 0 Å². The highest BCUT2D eigenvalue weighted by molar-refractivity contribution is 7.10. The number of rotatable bonds is 20. The Bertz CT molecular complexity index is 1730. The van der Waals surface area contributed by atoms with Gasteiger partial charge in [-0.3, -0.25) is 0 Å². The lowest BCUT2D eigenvalue weighted by Gasteiger charge is -2.16. The summed E-state index contributed by atoms with van der Waals surface area (Å²) in [6.45, 7) is 8.12. The second-order valence-corrected chi connectivity index (χ2v) is 13.5. The van der Waals surface area contributed by atoms with Crippen LogP contribution in [0.15, 0.2) is 58.8 Å². The van der Waals surface area contributed by atoms with E-state index in [1.807, 2.05) is 19.1 Å². The van der Waals surface area contributed by atoms with E-state index in [1.165, 1.54) is 88.2 Å². The van der Waals surface area contributed by atoms with Gasteiger partial charge in [0.15, 0.2) is 16.6 Å². The minimum absolute atomic E-state index is 0.380. The van der Waals surface area contributed by atoms with E-state index in [9.17, 15) is 10.5 Å². The number of nitrogens with one attached hydrogen (secondary N) is 2. The van der Waals surface area contributed by atoms with Gasteiger partial charge in [0.25, 0.3) is 0 Å². The van der Waals surface area contributed by atoms with Crippen molar-refractivity contribution in [3.05, 3.63) is 82.0 Å². The lowest BCUT2D eigenvalue weighted by Crippen LogP contribution is -2.04. The zero-order chi connectivity index (χ0) is 34.8. The maximum absolute atomic E-state index is 10.3. The first kappa shape index (κ1) is 37.2. The molecule has 0 aliphatic heterocycles. The van der Waals surface area contributed by atoms with E-state index in [0.29, 0.717) is 44.7 Å². The second kappa shape index (κ2) is 20.0. The summed E-state index contributed by atoms with van der Waals surface area (Å²) in [5, 5.41) is 36.1. The number of unbranched alkanes of at least 4 members (excludes halogenated alkanes) is 10. The predicted molar refractivity (Wildman–Crippen MR) is 203 cm³/mol. The average molecular weight is 675 g/mol. The molecular formula is C40H50N8S. The van der Waals surface area contributed by atoms with Crippen LogP contribution in [-0.2, 0) is 12.8 Å². The van der Waals surface area contributed by atoms with Gasteiger partial charge in [-0.25, -0.2) is 4.98 Å². The molecule has 0 aliphatic carbocycles. The van der Waals surface area contributed by atoms with Crippen LogP contribution < -0.4 is 10.6 Å². The lowest BCUT2D eigenvalue weighted by molar-refractivity contribution is 0.607. The van der Waals surface area contributed by atoms with Crippen LogP contribution in [-0.4, -0.2) is 9.36 Å². The van der Waals surface area contributed by atoms with Crippen LogP contribution in [0.5, 0.6) is 0 Å². The molecule has 9 heteroatoms. The van der Waals surface area contributed by atoms with Crippen molar-refractivity contribution in [1.82, 2.24) is 9.36 Å². The largest absolute Gasteiger partial charge is 0.339 e. The van der Waals surface area contributed by atoms with Crippen molar-refractivity contribution in [2.45, 2.75) is 118 Å². The standard InChI is InChI=1S/C40H50N8S/c1-5-7-9-11-13-15-17-31-19-23-33(24-20-31)43-38-35(27-41)29(3)37(46-47-40-36(28-42)30(4)48-49-40)39(45-38)44-34-25-21-32(22-26-34)18-16-14-12-10-8-6-2/h19-26H,5-18H2,1-4H3,(H2,43,44,45). The summed E-state index contributed by atoms with van der Waals surface area (Å²) in [5.74, 6) is 0.905. The maximum Gasteiger partial charge on any atom is 0.176 e. The number of nitriles is 2. The summed E-state index contributed by atoms with van der Waals surface area (Å²) >= 11 is 1.12. The molecule has 4 aromatic rings. The molecule has 2 N–H and O–H groups in total. The lowest BCUT2D eigenvalue weighted by atomic mass is 10.0. The first-order valence-corrected chi connectivity index (χ1v) is 18.7. The van der Waals surface area contributed by atoms with Gasteiger partial charge >= 0.3 is 0 Å². The summed E-state index contributed by atoms with van der Waals surface area (Å²) in [7, 11) is 0. The van der Waals surface area contributed by atoms with Crippen molar-refractivity contribution >= 4 is 45.2 Å². The van der Waals surface area contributed by atoms with Gasteiger partial charge in [0.05, 0.1) is 11.3 Å².